The van der Waals surface area contributed by atoms with Crippen molar-refractivity contribution in [1.82, 2.24) is 0 Å². The summed E-state index contributed by atoms with van der Waals surface area (Å²) in [5.74, 6) is -0.368. The van der Waals surface area contributed by atoms with Crippen molar-refractivity contribution in [3.8, 4) is 0 Å². The summed E-state index contributed by atoms with van der Waals surface area (Å²) in [6.07, 6.45) is 53.2. The predicted octanol–water partition coefficient (Wildman–Crippen LogP) is 13.8. The van der Waals surface area contributed by atoms with Gasteiger partial charge in [-0.05, 0) is 70.3 Å². The van der Waals surface area contributed by atoms with Crippen LogP contribution in [0.3, 0.4) is 0 Å². The molecule has 1 N–H and O–H groups in total. The van der Waals surface area contributed by atoms with Crippen molar-refractivity contribution in [1.29, 1.82) is 0 Å². The van der Waals surface area contributed by atoms with E-state index in [1.807, 2.05) is 27.2 Å². The Bertz CT molecular complexity index is 1140. The SMILES string of the molecule is CC/C=C/C/C=C/C/C=C/C/C=C/C/C=C/CCCCCC(=O)O[C@H](CO/C=C/CCCCCCCCCCCCCCCC)COP(=O)(O)OCC[N+](C)(C)C. The predicted molar refractivity (Wildman–Crippen MR) is 242 cm³/mol. The molecule has 0 rings (SSSR count). The fraction of sp³-hybridized carbons (Fsp3) is 0.729. The van der Waals surface area contributed by atoms with Crippen LogP contribution in [0.1, 0.15) is 174 Å². The van der Waals surface area contributed by atoms with Gasteiger partial charge in [-0.25, -0.2) is 4.57 Å². The number of unbranched alkanes of at least 4 members (excludes halogenated alkanes) is 17. The molecule has 0 aromatic heterocycles. The van der Waals surface area contributed by atoms with Crippen LogP contribution in [0, 0.1) is 0 Å². The smallest absolute Gasteiger partial charge is 0.472 e. The summed E-state index contributed by atoms with van der Waals surface area (Å²) in [5.41, 5.74) is 0. The fourth-order valence-electron chi connectivity index (χ4n) is 5.84. The highest BCUT2D eigenvalue weighted by Gasteiger charge is 2.26. The van der Waals surface area contributed by atoms with Crippen molar-refractivity contribution >= 4 is 13.8 Å². The quantitative estimate of drug-likeness (QED) is 0.0164. The molecule has 0 aromatic rings. The van der Waals surface area contributed by atoms with Gasteiger partial charge in [-0.3, -0.25) is 13.8 Å². The van der Waals surface area contributed by atoms with E-state index in [0.717, 1.165) is 64.2 Å². The minimum atomic E-state index is -4.30. The van der Waals surface area contributed by atoms with Gasteiger partial charge >= 0.3 is 13.8 Å². The lowest BCUT2D eigenvalue weighted by atomic mass is 10.0. The highest BCUT2D eigenvalue weighted by atomic mass is 31.2. The zero-order chi connectivity index (χ0) is 42.0. The first kappa shape index (κ1) is 54.8. The standard InChI is InChI=1S/C48H86NO7P/c1-6-8-10-12-14-16-18-20-22-24-25-26-27-29-31-33-35-37-39-41-48(50)56-47(46-55-57(51,52)54-44-42-49(3,4)5)45-53-43-40-38-36-34-32-30-28-23-21-19-17-15-13-11-9-7-2/h8,10,14,16,20,22,25-26,29,31,40,43,47H,6-7,9,11-13,15,17-19,21,23-24,27-28,30,32-39,41-42,44-46H2,1-5H3/p+1/b10-8+,16-14+,22-20+,26-25+,31-29+,43-40+/t47-/m1/s1. The molecule has 0 radical (unpaired) electrons. The molecule has 8 nitrogen and oxygen atoms in total. The van der Waals surface area contributed by atoms with Crippen LogP contribution in [0.5, 0.6) is 0 Å². The largest absolute Gasteiger partial charge is 0.498 e. The van der Waals surface area contributed by atoms with Crippen LogP contribution in [-0.2, 0) is 27.9 Å². The van der Waals surface area contributed by atoms with Crippen molar-refractivity contribution in [3.63, 3.8) is 0 Å². The Morgan fingerprint density at radius 2 is 1.04 bits per heavy atom. The van der Waals surface area contributed by atoms with E-state index in [2.05, 4.69) is 74.6 Å². The minimum Gasteiger partial charge on any atom is -0.498 e. The first-order chi connectivity index (χ1) is 27.6. The van der Waals surface area contributed by atoms with E-state index in [1.54, 1.807) is 6.26 Å². The molecule has 0 spiro atoms. The topological polar surface area (TPSA) is 91.3 Å². The summed E-state index contributed by atoms with van der Waals surface area (Å²) in [7, 11) is 1.60. The lowest BCUT2D eigenvalue weighted by molar-refractivity contribution is -0.870. The Hall–Kier alpha value is -2.22. The van der Waals surface area contributed by atoms with Gasteiger partial charge in [-0.15, -0.1) is 0 Å². The van der Waals surface area contributed by atoms with E-state index in [-0.39, 0.29) is 32.2 Å². The summed E-state index contributed by atoms with van der Waals surface area (Å²) in [6, 6.07) is 0. The number of likely N-dealkylation sites (N-methyl/N-ethyl adjacent to an activating group) is 1. The molecule has 0 aliphatic rings. The second-order valence-corrected chi connectivity index (χ2v) is 17.6. The lowest BCUT2D eigenvalue weighted by Gasteiger charge is -2.24. The Kier molecular flexibility index (Phi) is 39.0. The van der Waals surface area contributed by atoms with Crippen molar-refractivity contribution in [2.75, 3.05) is 47.5 Å². The van der Waals surface area contributed by atoms with Gasteiger partial charge < -0.3 is 18.9 Å². The summed E-state index contributed by atoms with van der Waals surface area (Å²) in [6.45, 7) is 4.77. The van der Waals surface area contributed by atoms with Crippen LogP contribution in [0.4, 0.5) is 0 Å². The molecule has 0 saturated heterocycles. The molecule has 0 bridgehead atoms. The number of nitrogens with zero attached hydrogens (tertiary/aromatic N) is 1. The molecular formula is C48H87NO7P+. The average Bonchev–Trinajstić information content (AvgIpc) is 3.16. The summed E-state index contributed by atoms with van der Waals surface area (Å²) in [4.78, 5) is 22.9. The normalized spacial score (nSPS) is 14.4. The minimum absolute atomic E-state index is 0.0317. The Morgan fingerprint density at radius 3 is 1.54 bits per heavy atom. The molecule has 2 atom stereocenters. The zero-order valence-corrected chi connectivity index (χ0v) is 38.2. The number of esters is 1. The number of carbonyl (C=O) groups excluding carboxylic acids is 1. The maximum Gasteiger partial charge on any atom is 0.472 e. The lowest BCUT2D eigenvalue weighted by Crippen LogP contribution is -2.37. The third-order valence-corrected chi connectivity index (χ3v) is 10.3. The number of carbonyl (C=O) groups is 1. The second kappa shape index (κ2) is 40.6. The van der Waals surface area contributed by atoms with Gasteiger partial charge in [-0.1, -0.05) is 164 Å². The van der Waals surface area contributed by atoms with Gasteiger partial charge in [0.1, 0.15) is 19.8 Å². The van der Waals surface area contributed by atoms with Crippen LogP contribution in [0.15, 0.2) is 73.1 Å². The Labute approximate surface area is 351 Å². The highest BCUT2D eigenvalue weighted by molar-refractivity contribution is 7.47. The van der Waals surface area contributed by atoms with E-state index in [1.165, 1.54) is 83.5 Å². The number of phosphoric acid groups is 1. The summed E-state index contributed by atoms with van der Waals surface area (Å²) >= 11 is 0. The molecule has 0 aliphatic carbocycles. The van der Waals surface area contributed by atoms with Crippen LogP contribution < -0.4 is 0 Å². The van der Waals surface area contributed by atoms with Crippen molar-refractivity contribution < 1.29 is 37.3 Å². The van der Waals surface area contributed by atoms with Crippen LogP contribution >= 0.6 is 7.82 Å². The van der Waals surface area contributed by atoms with Crippen LogP contribution in [0.25, 0.3) is 0 Å². The van der Waals surface area contributed by atoms with Crippen molar-refractivity contribution in [2.24, 2.45) is 0 Å². The molecule has 0 saturated carbocycles. The molecule has 330 valence electrons. The fourth-order valence-corrected chi connectivity index (χ4v) is 6.58. The van der Waals surface area contributed by atoms with E-state index in [9.17, 15) is 14.3 Å². The van der Waals surface area contributed by atoms with Gasteiger partial charge in [0.15, 0.2) is 6.10 Å². The van der Waals surface area contributed by atoms with Gasteiger partial charge in [0.05, 0.1) is 34.0 Å². The van der Waals surface area contributed by atoms with Crippen LogP contribution in [0.2, 0.25) is 0 Å². The number of hydrogen-bond donors (Lipinski definition) is 1. The number of allylic oxidation sites excluding steroid dienone is 11. The summed E-state index contributed by atoms with van der Waals surface area (Å²) < 4.78 is 34.7. The van der Waals surface area contributed by atoms with E-state index >= 15 is 0 Å². The van der Waals surface area contributed by atoms with Crippen LogP contribution in [-0.4, -0.2) is 69.0 Å². The average molecular weight is 821 g/mol. The number of hydrogen-bond acceptors (Lipinski definition) is 6. The first-order valence-electron chi connectivity index (χ1n) is 22.7. The monoisotopic (exact) mass is 821 g/mol. The Morgan fingerprint density at radius 1 is 0.579 bits per heavy atom. The first-order valence-corrected chi connectivity index (χ1v) is 24.2. The molecule has 1 unspecified atom stereocenters. The third kappa shape index (κ3) is 44.7. The molecule has 0 fully saturated rings. The van der Waals surface area contributed by atoms with E-state index in [4.69, 9.17) is 18.5 Å². The maximum absolute atomic E-state index is 12.7. The Balaban J connectivity index is 4.35. The van der Waals surface area contributed by atoms with Crippen molar-refractivity contribution in [2.45, 2.75) is 180 Å². The number of quaternary nitrogens is 1. The van der Waals surface area contributed by atoms with Gasteiger partial charge in [0.25, 0.3) is 0 Å². The van der Waals surface area contributed by atoms with E-state index < -0.39 is 13.9 Å². The number of rotatable bonds is 41. The molecule has 0 heterocycles. The molecule has 57 heavy (non-hydrogen) atoms. The summed E-state index contributed by atoms with van der Waals surface area (Å²) in [5, 5.41) is 0. The van der Waals surface area contributed by atoms with Gasteiger partial charge in [0, 0.05) is 6.42 Å². The molecule has 0 aliphatic heterocycles. The number of phosphoric ester groups is 1. The molecule has 9 heteroatoms. The van der Waals surface area contributed by atoms with E-state index in [0.29, 0.717) is 17.4 Å². The third-order valence-electron chi connectivity index (χ3n) is 9.35. The second-order valence-electron chi connectivity index (χ2n) is 16.1. The zero-order valence-electron chi connectivity index (χ0n) is 37.3. The molecule has 0 aromatic carbocycles. The molecule has 0 amide bonds. The van der Waals surface area contributed by atoms with Gasteiger partial charge in [0.2, 0.25) is 0 Å². The number of ether oxygens (including phenoxy) is 2. The molecular weight excluding hydrogens is 734 g/mol. The van der Waals surface area contributed by atoms with Crippen molar-refractivity contribution in [3.05, 3.63) is 73.1 Å². The highest BCUT2D eigenvalue weighted by Crippen LogP contribution is 2.43. The van der Waals surface area contributed by atoms with Gasteiger partial charge in [-0.2, -0.15) is 0 Å². The maximum atomic E-state index is 12.7.